The molecule has 5 N–H and O–H groups in total. The van der Waals surface area contributed by atoms with Gasteiger partial charge < -0.3 is 20.9 Å². The SMILES string of the molecule is C[C@H]1CC[C@]2(NC1)O[C@H]1C[C@H]3[C@@H]4CC[C@H]5CC(NC[C@@H](N)Cc6ccc(O)cc6)CC[C@]5(C)[C@H]4CC[C@]3(C)[C@H]1[C@@H]2C. The summed E-state index contributed by atoms with van der Waals surface area (Å²) in [6, 6.07) is 8.22. The monoisotopic (exact) mass is 563 g/mol. The van der Waals surface area contributed by atoms with Crippen LogP contribution in [0.4, 0.5) is 0 Å². The van der Waals surface area contributed by atoms with Crippen molar-refractivity contribution in [2.24, 2.45) is 58.0 Å². The van der Waals surface area contributed by atoms with Crippen LogP contribution in [-0.4, -0.2) is 42.1 Å². The molecule has 0 radical (unpaired) electrons. The lowest BCUT2D eigenvalue weighted by Crippen LogP contribution is -2.58. The van der Waals surface area contributed by atoms with E-state index in [1.165, 1.54) is 69.8 Å². The minimum absolute atomic E-state index is 0.0473. The van der Waals surface area contributed by atoms with E-state index in [-0.39, 0.29) is 11.8 Å². The standard InChI is InChI=1S/C36H57N3O2/c1-22-11-16-36(39-20-22)23(2)33-32(41-36)19-31-29-10-7-25-18-27(12-14-34(25,3)30(29)13-15-35(31,33)4)38-21-26(37)17-24-5-8-28(40)9-6-24/h5-6,8-9,22-23,25-27,29-33,38-40H,7,10-21,37H2,1-4H3/t22-,23-,25-,26-,27?,29+,30-,31-,32-,33-,34-,35-,36-/m0/s1. The number of phenols is 1. The van der Waals surface area contributed by atoms with E-state index in [0.717, 1.165) is 55.0 Å². The van der Waals surface area contributed by atoms with E-state index < -0.39 is 0 Å². The number of benzene rings is 1. The Morgan fingerprint density at radius 2 is 1.76 bits per heavy atom. The second-order valence-corrected chi connectivity index (χ2v) is 16.3. The fourth-order valence-corrected chi connectivity index (χ4v) is 12.0. The molecule has 1 spiro atoms. The number of rotatable bonds is 5. The highest BCUT2D eigenvalue weighted by Crippen LogP contribution is 2.71. The fourth-order valence-electron chi connectivity index (χ4n) is 12.0. The zero-order chi connectivity index (χ0) is 28.6. The number of aromatic hydroxyl groups is 1. The molecule has 228 valence electrons. The van der Waals surface area contributed by atoms with Crippen LogP contribution < -0.4 is 16.4 Å². The summed E-state index contributed by atoms with van der Waals surface area (Å²) in [6.45, 7) is 12.3. The minimum atomic E-state index is -0.0473. The Bertz CT molecular complexity index is 1080. The van der Waals surface area contributed by atoms with Crippen molar-refractivity contribution in [3.8, 4) is 5.75 Å². The average molecular weight is 564 g/mol. The first-order valence-corrected chi connectivity index (χ1v) is 17.3. The summed E-state index contributed by atoms with van der Waals surface area (Å²) in [7, 11) is 0. The normalized spacial score (nSPS) is 49.6. The minimum Gasteiger partial charge on any atom is -0.508 e. The van der Waals surface area contributed by atoms with Gasteiger partial charge in [0, 0.05) is 31.1 Å². The second kappa shape index (κ2) is 10.5. The molecule has 7 rings (SSSR count). The number of piperidine rings is 1. The molecule has 13 atom stereocenters. The largest absolute Gasteiger partial charge is 0.508 e. The number of nitrogens with one attached hydrogen (secondary N) is 2. The Kier molecular flexibility index (Phi) is 7.32. The van der Waals surface area contributed by atoms with Crippen LogP contribution in [0.25, 0.3) is 0 Å². The van der Waals surface area contributed by atoms with Crippen LogP contribution in [-0.2, 0) is 11.2 Å². The first kappa shape index (κ1) is 28.6. The Balaban J connectivity index is 0.976. The van der Waals surface area contributed by atoms with Crippen LogP contribution in [0.5, 0.6) is 5.75 Å². The molecule has 6 aliphatic rings. The maximum absolute atomic E-state index is 9.56. The molecule has 1 aromatic carbocycles. The molecule has 4 saturated carbocycles. The molecular formula is C36H57N3O2. The summed E-state index contributed by atoms with van der Waals surface area (Å²) in [4.78, 5) is 0. The van der Waals surface area contributed by atoms with Crippen LogP contribution in [0.3, 0.4) is 0 Å². The quantitative estimate of drug-likeness (QED) is 0.341. The van der Waals surface area contributed by atoms with Crippen molar-refractivity contribution in [3.63, 3.8) is 0 Å². The molecule has 6 fully saturated rings. The summed E-state index contributed by atoms with van der Waals surface area (Å²) in [5.74, 6) is 5.95. The van der Waals surface area contributed by atoms with Crippen molar-refractivity contribution in [1.29, 1.82) is 0 Å². The molecule has 0 amide bonds. The highest BCUT2D eigenvalue weighted by Gasteiger charge is 2.68. The lowest BCUT2D eigenvalue weighted by atomic mass is 9.44. The number of nitrogens with two attached hydrogens (primary N) is 1. The van der Waals surface area contributed by atoms with Crippen LogP contribution in [0, 0.1) is 52.3 Å². The van der Waals surface area contributed by atoms with Gasteiger partial charge in [-0.15, -0.1) is 0 Å². The number of fused-ring (bicyclic) bond motifs is 7. The first-order chi connectivity index (χ1) is 19.6. The van der Waals surface area contributed by atoms with E-state index >= 15 is 0 Å². The zero-order valence-corrected chi connectivity index (χ0v) is 26.2. The van der Waals surface area contributed by atoms with Crippen LogP contribution >= 0.6 is 0 Å². The lowest BCUT2D eigenvalue weighted by molar-refractivity contribution is -0.134. The fraction of sp³-hybridized carbons (Fsp3) is 0.833. The van der Waals surface area contributed by atoms with Gasteiger partial charge in [-0.3, -0.25) is 5.32 Å². The van der Waals surface area contributed by atoms with Gasteiger partial charge in [0.05, 0.1) is 6.10 Å². The van der Waals surface area contributed by atoms with Gasteiger partial charge in [-0.2, -0.15) is 0 Å². The predicted molar refractivity (Wildman–Crippen MR) is 165 cm³/mol. The molecule has 0 bridgehead atoms. The van der Waals surface area contributed by atoms with E-state index in [2.05, 4.69) is 38.3 Å². The maximum Gasteiger partial charge on any atom is 0.122 e. The Morgan fingerprint density at radius 1 is 0.976 bits per heavy atom. The van der Waals surface area contributed by atoms with Gasteiger partial charge in [0.25, 0.3) is 0 Å². The van der Waals surface area contributed by atoms with Crippen molar-refractivity contribution in [2.45, 2.75) is 122 Å². The van der Waals surface area contributed by atoms with Gasteiger partial charge in [-0.1, -0.05) is 39.8 Å². The topological polar surface area (TPSA) is 79.5 Å². The van der Waals surface area contributed by atoms with Crippen molar-refractivity contribution in [3.05, 3.63) is 29.8 Å². The number of ether oxygens (including phenoxy) is 1. The molecule has 2 aliphatic heterocycles. The van der Waals surface area contributed by atoms with Gasteiger partial charge >= 0.3 is 0 Å². The summed E-state index contributed by atoms with van der Waals surface area (Å²) < 4.78 is 7.11. The Hall–Kier alpha value is -1.14. The van der Waals surface area contributed by atoms with E-state index in [4.69, 9.17) is 10.5 Å². The number of hydrogen-bond acceptors (Lipinski definition) is 5. The van der Waals surface area contributed by atoms with Crippen molar-refractivity contribution < 1.29 is 9.84 Å². The third-order valence-corrected chi connectivity index (χ3v) is 14.2. The van der Waals surface area contributed by atoms with Gasteiger partial charge in [-0.25, -0.2) is 0 Å². The highest BCUT2D eigenvalue weighted by atomic mass is 16.5. The van der Waals surface area contributed by atoms with E-state index in [1.54, 1.807) is 12.1 Å². The molecule has 1 aromatic rings. The number of hydrogen-bond donors (Lipinski definition) is 4. The van der Waals surface area contributed by atoms with Gasteiger partial charge in [0.2, 0.25) is 0 Å². The second-order valence-electron chi connectivity index (χ2n) is 16.3. The molecule has 0 aromatic heterocycles. The smallest absolute Gasteiger partial charge is 0.122 e. The Labute approximate surface area is 249 Å². The molecule has 5 nitrogen and oxygen atoms in total. The molecule has 5 heteroatoms. The predicted octanol–water partition coefficient (Wildman–Crippen LogP) is 6.24. The number of phenolic OH excluding ortho intramolecular Hbond substituents is 1. The van der Waals surface area contributed by atoms with Crippen LogP contribution in [0.2, 0.25) is 0 Å². The maximum atomic E-state index is 9.56. The molecule has 2 saturated heterocycles. The molecular weight excluding hydrogens is 506 g/mol. The Morgan fingerprint density at radius 3 is 2.51 bits per heavy atom. The van der Waals surface area contributed by atoms with E-state index in [0.29, 0.717) is 34.6 Å². The summed E-state index contributed by atoms with van der Waals surface area (Å²) >= 11 is 0. The molecule has 1 unspecified atom stereocenters. The molecule has 4 aliphatic carbocycles. The first-order valence-electron chi connectivity index (χ1n) is 17.3. The highest BCUT2D eigenvalue weighted by molar-refractivity contribution is 5.26. The van der Waals surface area contributed by atoms with Crippen molar-refractivity contribution in [1.82, 2.24) is 10.6 Å². The zero-order valence-electron chi connectivity index (χ0n) is 26.2. The van der Waals surface area contributed by atoms with E-state index in [1.807, 2.05) is 12.1 Å². The van der Waals surface area contributed by atoms with Crippen molar-refractivity contribution >= 4 is 0 Å². The van der Waals surface area contributed by atoms with Crippen molar-refractivity contribution in [2.75, 3.05) is 13.1 Å². The average Bonchev–Trinajstić information content (AvgIpc) is 3.40. The third-order valence-electron chi connectivity index (χ3n) is 14.2. The van der Waals surface area contributed by atoms with Gasteiger partial charge in [-0.05, 0) is 135 Å². The van der Waals surface area contributed by atoms with Crippen LogP contribution in [0.15, 0.2) is 24.3 Å². The van der Waals surface area contributed by atoms with E-state index in [9.17, 15) is 5.11 Å². The third kappa shape index (κ3) is 4.71. The van der Waals surface area contributed by atoms with Gasteiger partial charge in [0.15, 0.2) is 0 Å². The van der Waals surface area contributed by atoms with Crippen LogP contribution in [0.1, 0.15) is 97.5 Å². The summed E-state index contributed by atoms with van der Waals surface area (Å²) in [5.41, 5.74) is 8.64. The summed E-state index contributed by atoms with van der Waals surface area (Å²) in [6.07, 6.45) is 14.8. The molecule has 2 heterocycles. The lowest BCUT2D eigenvalue weighted by Gasteiger charge is -2.61. The summed E-state index contributed by atoms with van der Waals surface area (Å²) in [5, 5.41) is 17.4. The molecule has 41 heavy (non-hydrogen) atoms. The van der Waals surface area contributed by atoms with Gasteiger partial charge in [0.1, 0.15) is 11.5 Å².